The summed E-state index contributed by atoms with van der Waals surface area (Å²) in [5.41, 5.74) is 3.76. The number of amides is 1. The van der Waals surface area contributed by atoms with E-state index in [1.165, 1.54) is 0 Å². The van der Waals surface area contributed by atoms with Crippen molar-refractivity contribution in [2.45, 2.75) is 41.0 Å². The van der Waals surface area contributed by atoms with E-state index >= 15 is 0 Å². The van der Waals surface area contributed by atoms with E-state index in [9.17, 15) is 4.79 Å². The molecule has 1 amide bonds. The van der Waals surface area contributed by atoms with Crippen molar-refractivity contribution in [2.75, 3.05) is 26.4 Å². The lowest BCUT2D eigenvalue weighted by atomic mass is 10.1. The monoisotopic (exact) mass is 442 g/mol. The molecule has 0 spiro atoms. The van der Waals surface area contributed by atoms with E-state index in [2.05, 4.69) is 24.4 Å². The number of carbonyl (C=O) groups is 1. The summed E-state index contributed by atoms with van der Waals surface area (Å²) in [7, 11) is 0. The van der Waals surface area contributed by atoms with Crippen LogP contribution >= 0.6 is 0 Å². The predicted molar refractivity (Wildman–Crippen MR) is 126 cm³/mol. The van der Waals surface area contributed by atoms with Gasteiger partial charge in [0.05, 0.1) is 32.6 Å². The van der Waals surface area contributed by atoms with E-state index < -0.39 is 0 Å². The molecule has 0 heterocycles. The number of nitrogens with one attached hydrogen (secondary N) is 1. The van der Waals surface area contributed by atoms with Crippen molar-refractivity contribution in [3.63, 3.8) is 0 Å². The van der Waals surface area contributed by atoms with E-state index in [-0.39, 0.29) is 5.91 Å². The number of nitrogens with zero attached hydrogens (tertiary/aromatic N) is 1. The molecule has 7 nitrogen and oxygen atoms in total. The Morgan fingerprint density at radius 2 is 1.53 bits per heavy atom. The van der Waals surface area contributed by atoms with Gasteiger partial charge in [-0.25, -0.2) is 5.43 Å². The maximum absolute atomic E-state index is 12.6. The number of hydrogen-bond donors (Lipinski definition) is 1. The molecular formula is C25H34N2O5. The van der Waals surface area contributed by atoms with Gasteiger partial charge in [0.25, 0.3) is 5.91 Å². The van der Waals surface area contributed by atoms with Gasteiger partial charge in [-0.15, -0.1) is 0 Å². The van der Waals surface area contributed by atoms with Gasteiger partial charge in [-0.1, -0.05) is 13.8 Å². The third-order valence-electron chi connectivity index (χ3n) is 4.40. The molecule has 0 atom stereocenters. The zero-order valence-electron chi connectivity index (χ0n) is 19.6. The van der Waals surface area contributed by atoms with Gasteiger partial charge in [0.15, 0.2) is 11.5 Å². The van der Waals surface area contributed by atoms with Crippen LogP contribution in [0.1, 0.15) is 57.0 Å². The molecule has 0 aromatic heterocycles. The number of hydrazone groups is 1. The minimum Gasteiger partial charge on any atom is -0.494 e. The van der Waals surface area contributed by atoms with Crippen molar-refractivity contribution in [2.24, 2.45) is 11.0 Å². The van der Waals surface area contributed by atoms with Crippen LogP contribution in [-0.2, 0) is 0 Å². The van der Waals surface area contributed by atoms with Crippen molar-refractivity contribution in [3.05, 3.63) is 47.5 Å². The molecule has 0 unspecified atom stereocenters. The molecule has 1 N–H and O–H groups in total. The Labute approximate surface area is 190 Å². The predicted octanol–water partition coefficient (Wildman–Crippen LogP) is 5.07. The minimum atomic E-state index is -0.375. The fourth-order valence-electron chi connectivity index (χ4n) is 2.81. The Bertz CT molecular complexity index is 851. The maximum Gasteiger partial charge on any atom is 0.271 e. The Morgan fingerprint density at radius 1 is 0.938 bits per heavy atom. The fourth-order valence-corrected chi connectivity index (χ4v) is 2.81. The Balaban J connectivity index is 2.05. The second-order valence-corrected chi connectivity index (χ2v) is 7.40. The first-order chi connectivity index (χ1) is 15.5. The summed E-state index contributed by atoms with van der Waals surface area (Å²) in [6.45, 7) is 12.0. The summed E-state index contributed by atoms with van der Waals surface area (Å²) in [5, 5.41) is 4.06. The average molecular weight is 443 g/mol. The molecule has 0 aliphatic rings. The first-order valence-corrected chi connectivity index (χ1v) is 11.1. The quantitative estimate of drug-likeness (QED) is 0.346. The first kappa shape index (κ1) is 25.0. The van der Waals surface area contributed by atoms with Gasteiger partial charge < -0.3 is 18.9 Å². The molecule has 0 aliphatic carbocycles. The lowest BCUT2D eigenvalue weighted by molar-refractivity contribution is 0.0954. The van der Waals surface area contributed by atoms with Gasteiger partial charge in [0, 0.05) is 5.56 Å². The van der Waals surface area contributed by atoms with Crippen LogP contribution in [0.15, 0.2) is 41.5 Å². The summed E-state index contributed by atoms with van der Waals surface area (Å²) >= 11 is 0. The summed E-state index contributed by atoms with van der Waals surface area (Å²) < 4.78 is 22.7. The van der Waals surface area contributed by atoms with Gasteiger partial charge in [0.1, 0.15) is 5.75 Å². The van der Waals surface area contributed by atoms with E-state index in [4.69, 9.17) is 18.9 Å². The van der Waals surface area contributed by atoms with Crippen LogP contribution in [0, 0.1) is 5.92 Å². The van der Waals surface area contributed by atoms with E-state index in [1.54, 1.807) is 18.3 Å². The lowest BCUT2D eigenvalue weighted by Crippen LogP contribution is -2.18. The van der Waals surface area contributed by atoms with Crippen LogP contribution < -0.4 is 24.4 Å². The Hall–Kier alpha value is -3.22. The minimum absolute atomic E-state index is 0.367. The molecule has 2 rings (SSSR count). The van der Waals surface area contributed by atoms with Crippen LogP contribution in [0.4, 0.5) is 0 Å². The zero-order chi connectivity index (χ0) is 23.3. The number of benzene rings is 2. The molecule has 0 saturated carbocycles. The normalized spacial score (nSPS) is 10.9. The highest BCUT2D eigenvalue weighted by atomic mass is 16.5. The molecule has 0 saturated heterocycles. The highest BCUT2D eigenvalue weighted by molar-refractivity contribution is 5.96. The molecule has 0 fully saturated rings. The van der Waals surface area contributed by atoms with Crippen LogP contribution in [0.3, 0.4) is 0 Å². The standard InChI is InChI=1S/C25H34N2O5/c1-6-29-22-15-20(16-23(30-7-2)24(22)31-8-3)25(28)27-26-17-19-9-11-21(12-10-19)32-14-13-18(4)5/h9-12,15-18H,6-8,13-14H2,1-5H3,(H,27,28)/b26-17-. The highest BCUT2D eigenvalue weighted by Gasteiger charge is 2.18. The number of carbonyl (C=O) groups excluding carboxylic acids is 1. The molecule has 2 aromatic rings. The van der Waals surface area contributed by atoms with E-state index in [0.717, 1.165) is 17.7 Å². The van der Waals surface area contributed by atoms with Crippen LogP contribution in [0.5, 0.6) is 23.0 Å². The van der Waals surface area contributed by atoms with Crippen molar-refractivity contribution in [3.8, 4) is 23.0 Å². The van der Waals surface area contributed by atoms with Crippen molar-refractivity contribution >= 4 is 12.1 Å². The molecule has 174 valence electrons. The largest absolute Gasteiger partial charge is 0.494 e. The van der Waals surface area contributed by atoms with Crippen molar-refractivity contribution in [1.82, 2.24) is 5.43 Å². The third-order valence-corrected chi connectivity index (χ3v) is 4.40. The SMILES string of the molecule is CCOc1cc(C(=O)N/N=C\c2ccc(OCCC(C)C)cc2)cc(OCC)c1OCC. The van der Waals surface area contributed by atoms with Crippen LogP contribution in [0.2, 0.25) is 0 Å². The van der Waals surface area contributed by atoms with Crippen LogP contribution in [-0.4, -0.2) is 38.5 Å². The smallest absolute Gasteiger partial charge is 0.271 e. The lowest BCUT2D eigenvalue weighted by Gasteiger charge is -2.16. The number of rotatable bonds is 13. The zero-order valence-corrected chi connectivity index (χ0v) is 19.6. The Morgan fingerprint density at radius 3 is 2.06 bits per heavy atom. The first-order valence-electron chi connectivity index (χ1n) is 11.1. The van der Waals surface area contributed by atoms with Gasteiger partial charge >= 0.3 is 0 Å². The number of ether oxygens (including phenoxy) is 4. The average Bonchev–Trinajstić information content (AvgIpc) is 2.77. The van der Waals surface area contributed by atoms with Gasteiger partial charge in [0.2, 0.25) is 5.75 Å². The third kappa shape index (κ3) is 7.80. The second-order valence-electron chi connectivity index (χ2n) is 7.40. The molecule has 0 radical (unpaired) electrons. The fraction of sp³-hybridized carbons (Fsp3) is 0.440. The van der Waals surface area contributed by atoms with Gasteiger partial charge in [-0.2, -0.15) is 5.10 Å². The maximum atomic E-state index is 12.6. The highest BCUT2D eigenvalue weighted by Crippen LogP contribution is 2.39. The van der Waals surface area contributed by atoms with E-state index in [1.807, 2.05) is 45.0 Å². The number of hydrogen-bond acceptors (Lipinski definition) is 6. The van der Waals surface area contributed by atoms with Crippen molar-refractivity contribution in [1.29, 1.82) is 0 Å². The molecule has 0 bridgehead atoms. The molecule has 2 aromatic carbocycles. The van der Waals surface area contributed by atoms with Crippen LogP contribution in [0.25, 0.3) is 0 Å². The van der Waals surface area contributed by atoms with E-state index in [0.29, 0.717) is 55.2 Å². The van der Waals surface area contributed by atoms with Gasteiger partial charge in [-0.05, 0) is 75.1 Å². The second kappa shape index (κ2) is 13.2. The van der Waals surface area contributed by atoms with Gasteiger partial charge in [-0.3, -0.25) is 4.79 Å². The summed E-state index contributed by atoms with van der Waals surface area (Å²) in [4.78, 5) is 12.6. The summed E-state index contributed by atoms with van der Waals surface area (Å²) in [6, 6.07) is 10.8. The van der Waals surface area contributed by atoms with Crippen molar-refractivity contribution < 1.29 is 23.7 Å². The molecular weight excluding hydrogens is 408 g/mol. The molecule has 0 aliphatic heterocycles. The summed E-state index contributed by atoms with van der Waals surface area (Å²) in [5.74, 6) is 2.46. The topological polar surface area (TPSA) is 78.4 Å². The summed E-state index contributed by atoms with van der Waals surface area (Å²) in [6.07, 6.45) is 2.59. The molecule has 7 heteroatoms. The molecule has 32 heavy (non-hydrogen) atoms. The Kier molecular flexibility index (Phi) is 10.4.